The van der Waals surface area contributed by atoms with Crippen LogP contribution in [-0.2, 0) is 0 Å². The quantitative estimate of drug-likeness (QED) is 0.559. The minimum atomic E-state index is 0.513. The van der Waals surface area contributed by atoms with Gasteiger partial charge in [0.15, 0.2) is 0 Å². The molecule has 2 fully saturated rings. The topological polar surface area (TPSA) is 79.1 Å². The third kappa shape index (κ3) is 2.79. The number of anilines is 2. The van der Waals surface area contributed by atoms with Gasteiger partial charge in [0, 0.05) is 24.7 Å². The number of nitrogens with one attached hydrogen (secondary N) is 2. The number of nitrogens with zero attached hydrogens (tertiary/aromatic N) is 3. The number of aryl methyl sites for hydroxylation is 1. The summed E-state index contributed by atoms with van der Waals surface area (Å²) in [6, 6.07) is 3.15. The molecule has 6 nitrogen and oxygen atoms in total. The van der Waals surface area contributed by atoms with Crippen molar-refractivity contribution in [3.63, 3.8) is 0 Å². The van der Waals surface area contributed by atoms with Crippen LogP contribution in [0.1, 0.15) is 31.5 Å². The lowest BCUT2D eigenvalue weighted by molar-refractivity contribution is 0.188. The fourth-order valence-electron chi connectivity index (χ4n) is 3.28. The van der Waals surface area contributed by atoms with Crippen molar-refractivity contribution in [2.45, 2.75) is 44.7 Å². The molecule has 1 aromatic rings. The molecular formula is C13H22N6. The summed E-state index contributed by atoms with van der Waals surface area (Å²) in [5.41, 5.74) is 2.58. The van der Waals surface area contributed by atoms with Crippen molar-refractivity contribution < 1.29 is 0 Å². The molecule has 2 aliphatic rings. The smallest absolute Gasteiger partial charge is 0.145 e. The summed E-state index contributed by atoms with van der Waals surface area (Å²) in [5, 5.41) is 3.54. The Balaban J connectivity index is 1.66. The van der Waals surface area contributed by atoms with Crippen LogP contribution < -0.4 is 16.6 Å². The predicted molar refractivity (Wildman–Crippen MR) is 75.8 cm³/mol. The Bertz CT molecular complexity index is 449. The highest BCUT2D eigenvalue weighted by Gasteiger charge is 2.31. The second-order valence-corrected chi connectivity index (χ2v) is 5.53. The minimum absolute atomic E-state index is 0.513. The molecule has 3 rings (SSSR count). The molecule has 3 heterocycles. The number of nitrogens with two attached hydrogens (primary N) is 1. The zero-order valence-corrected chi connectivity index (χ0v) is 11.4. The Kier molecular flexibility index (Phi) is 3.52. The molecule has 2 saturated heterocycles. The Labute approximate surface area is 113 Å². The van der Waals surface area contributed by atoms with Crippen molar-refractivity contribution in [2.75, 3.05) is 23.8 Å². The van der Waals surface area contributed by atoms with Gasteiger partial charge in [0.1, 0.15) is 17.5 Å². The fourth-order valence-corrected chi connectivity index (χ4v) is 3.28. The molecule has 0 saturated carbocycles. The molecule has 2 atom stereocenters. The summed E-state index contributed by atoms with van der Waals surface area (Å²) >= 11 is 0. The third-order valence-electron chi connectivity index (χ3n) is 4.16. The molecule has 2 unspecified atom stereocenters. The Hall–Kier alpha value is -1.40. The van der Waals surface area contributed by atoms with Gasteiger partial charge in [-0.3, -0.25) is 0 Å². The number of piperidine rings is 1. The van der Waals surface area contributed by atoms with E-state index in [1.165, 1.54) is 38.8 Å². The molecule has 4 N–H and O–H groups in total. The van der Waals surface area contributed by atoms with Crippen LogP contribution in [0.5, 0.6) is 0 Å². The van der Waals surface area contributed by atoms with Crippen molar-refractivity contribution in [2.24, 2.45) is 5.84 Å². The Morgan fingerprint density at radius 2 is 2.11 bits per heavy atom. The van der Waals surface area contributed by atoms with Gasteiger partial charge in [0.2, 0.25) is 0 Å². The summed E-state index contributed by atoms with van der Waals surface area (Å²) < 4.78 is 0. The first kappa shape index (κ1) is 12.6. The molecule has 19 heavy (non-hydrogen) atoms. The van der Waals surface area contributed by atoms with E-state index in [1.807, 2.05) is 13.0 Å². The molecule has 1 aromatic heterocycles. The zero-order valence-electron chi connectivity index (χ0n) is 11.4. The maximum Gasteiger partial charge on any atom is 0.145 e. The van der Waals surface area contributed by atoms with Crippen molar-refractivity contribution in [1.82, 2.24) is 14.9 Å². The maximum absolute atomic E-state index is 5.42. The van der Waals surface area contributed by atoms with Gasteiger partial charge in [-0.05, 0) is 39.2 Å². The SMILES string of the molecule is Cc1nc(NN)cc(NC2CCN3CCCC3C2)n1. The van der Waals surface area contributed by atoms with Crippen LogP contribution in [0.3, 0.4) is 0 Å². The summed E-state index contributed by atoms with van der Waals surface area (Å²) in [6.07, 6.45) is 5.10. The van der Waals surface area contributed by atoms with E-state index in [4.69, 9.17) is 5.84 Å². The predicted octanol–water partition coefficient (Wildman–Crippen LogP) is 1.11. The average Bonchev–Trinajstić information content (AvgIpc) is 2.85. The van der Waals surface area contributed by atoms with Crippen molar-refractivity contribution in [3.05, 3.63) is 11.9 Å². The zero-order chi connectivity index (χ0) is 13.2. The highest BCUT2D eigenvalue weighted by molar-refractivity contribution is 5.47. The average molecular weight is 262 g/mol. The molecule has 0 aliphatic carbocycles. The first-order chi connectivity index (χ1) is 9.24. The number of nitrogen functional groups attached to an aromatic ring is 1. The van der Waals surface area contributed by atoms with Gasteiger partial charge < -0.3 is 15.6 Å². The van der Waals surface area contributed by atoms with Gasteiger partial charge >= 0.3 is 0 Å². The first-order valence-electron chi connectivity index (χ1n) is 7.07. The number of hydrogen-bond acceptors (Lipinski definition) is 6. The second-order valence-electron chi connectivity index (χ2n) is 5.53. The van der Waals surface area contributed by atoms with Crippen LogP contribution >= 0.6 is 0 Å². The van der Waals surface area contributed by atoms with Crippen LogP contribution in [0, 0.1) is 6.92 Å². The molecule has 0 aromatic carbocycles. The molecule has 0 amide bonds. The van der Waals surface area contributed by atoms with Crippen molar-refractivity contribution >= 4 is 11.6 Å². The normalized spacial score (nSPS) is 27.1. The van der Waals surface area contributed by atoms with Crippen LogP contribution in [0.15, 0.2) is 6.07 Å². The highest BCUT2D eigenvalue weighted by Crippen LogP contribution is 2.28. The lowest BCUT2D eigenvalue weighted by Gasteiger charge is -2.35. The van der Waals surface area contributed by atoms with Crippen LogP contribution in [0.4, 0.5) is 11.6 Å². The van der Waals surface area contributed by atoms with Gasteiger partial charge in [-0.1, -0.05) is 0 Å². The first-order valence-corrected chi connectivity index (χ1v) is 7.07. The number of hydrazine groups is 1. The van der Waals surface area contributed by atoms with Crippen LogP contribution in [-0.4, -0.2) is 40.0 Å². The van der Waals surface area contributed by atoms with Gasteiger partial charge in [0.05, 0.1) is 0 Å². The lowest BCUT2D eigenvalue weighted by Crippen LogP contribution is -2.42. The van der Waals surface area contributed by atoms with Gasteiger partial charge in [-0.2, -0.15) is 0 Å². The molecule has 0 bridgehead atoms. The summed E-state index contributed by atoms with van der Waals surface area (Å²) in [5.74, 6) is 7.68. The van der Waals surface area contributed by atoms with Gasteiger partial charge in [-0.25, -0.2) is 15.8 Å². The second kappa shape index (κ2) is 5.30. The van der Waals surface area contributed by atoms with E-state index >= 15 is 0 Å². The molecule has 6 heteroatoms. The largest absolute Gasteiger partial charge is 0.367 e. The van der Waals surface area contributed by atoms with Crippen molar-refractivity contribution in [1.29, 1.82) is 0 Å². The van der Waals surface area contributed by atoms with E-state index in [0.717, 1.165) is 17.7 Å². The highest BCUT2D eigenvalue weighted by atomic mass is 15.3. The van der Waals surface area contributed by atoms with E-state index < -0.39 is 0 Å². The molecule has 2 aliphatic heterocycles. The standard InChI is InChI=1S/C13H22N6/c1-9-15-12(8-13(16-9)18-14)17-10-4-6-19-5-2-3-11(19)7-10/h8,10-11H,2-7,14H2,1H3,(H2,15,16,17,18). The fraction of sp³-hybridized carbons (Fsp3) is 0.692. The van der Waals surface area contributed by atoms with E-state index in [2.05, 4.69) is 25.6 Å². The molecular weight excluding hydrogens is 240 g/mol. The molecule has 104 valence electrons. The third-order valence-corrected chi connectivity index (χ3v) is 4.16. The number of rotatable bonds is 3. The Morgan fingerprint density at radius 1 is 1.26 bits per heavy atom. The summed E-state index contributed by atoms with van der Waals surface area (Å²) in [7, 11) is 0. The number of fused-ring (bicyclic) bond motifs is 1. The van der Waals surface area contributed by atoms with Crippen LogP contribution in [0.25, 0.3) is 0 Å². The minimum Gasteiger partial charge on any atom is -0.367 e. The van der Waals surface area contributed by atoms with Gasteiger partial charge in [0.25, 0.3) is 0 Å². The van der Waals surface area contributed by atoms with Gasteiger partial charge in [-0.15, -0.1) is 0 Å². The van der Waals surface area contributed by atoms with E-state index in [0.29, 0.717) is 11.9 Å². The maximum atomic E-state index is 5.42. The molecule has 0 spiro atoms. The summed E-state index contributed by atoms with van der Waals surface area (Å²) in [6.45, 7) is 4.37. The molecule has 0 radical (unpaired) electrons. The van der Waals surface area contributed by atoms with E-state index in [9.17, 15) is 0 Å². The van der Waals surface area contributed by atoms with E-state index in [-0.39, 0.29) is 0 Å². The summed E-state index contributed by atoms with van der Waals surface area (Å²) in [4.78, 5) is 11.3. The number of hydrogen-bond donors (Lipinski definition) is 3. The lowest BCUT2D eigenvalue weighted by atomic mass is 9.97. The monoisotopic (exact) mass is 262 g/mol. The number of aromatic nitrogens is 2. The van der Waals surface area contributed by atoms with Crippen molar-refractivity contribution in [3.8, 4) is 0 Å². The Morgan fingerprint density at radius 3 is 2.95 bits per heavy atom. The van der Waals surface area contributed by atoms with E-state index in [1.54, 1.807) is 0 Å². The van der Waals surface area contributed by atoms with Crippen LogP contribution in [0.2, 0.25) is 0 Å².